The fourth-order valence-electron chi connectivity index (χ4n) is 6.37. The summed E-state index contributed by atoms with van der Waals surface area (Å²) in [6.45, 7) is 4.67. The van der Waals surface area contributed by atoms with Gasteiger partial charge >= 0.3 is 5.97 Å². The summed E-state index contributed by atoms with van der Waals surface area (Å²) in [6, 6.07) is 0. The van der Waals surface area contributed by atoms with Crippen LogP contribution in [0.4, 0.5) is 0 Å². The number of carbonyl (C=O) groups excluding carboxylic acids is 3. The van der Waals surface area contributed by atoms with Crippen LogP contribution in [0, 0.1) is 5.92 Å². The Bertz CT molecular complexity index is 880. The maximum absolute atomic E-state index is 13.1. The first-order valence-electron chi connectivity index (χ1n) is 21.2. The van der Waals surface area contributed by atoms with E-state index in [2.05, 4.69) is 43.5 Å². The molecule has 290 valence electrons. The fraction of sp³-hybridized carbons (Fsp3) is 0.818. The van der Waals surface area contributed by atoms with Crippen molar-refractivity contribution in [2.24, 2.45) is 5.92 Å². The van der Waals surface area contributed by atoms with Crippen molar-refractivity contribution in [1.29, 1.82) is 0 Å². The standard InChI is InChI=1S/C44H79NO5/c1-3-5-7-9-11-13-15-17-19-21-23-25-27-29-31-34-41(46)38-40(39-45-43(48)36-33-37-44(49)50)42(47)35-32-30-28-26-24-22-20-18-16-14-12-10-8-6-4-2/h17-20,40H,3-16,21-39H2,1-2H3,(H,45,48)(H,49,50)/b19-17-,20-18-. The van der Waals surface area contributed by atoms with Crippen LogP contribution in [0.2, 0.25) is 0 Å². The van der Waals surface area contributed by atoms with Crippen molar-refractivity contribution in [3.8, 4) is 0 Å². The Balaban J connectivity index is 4.26. The Morgan fingerprint density at radius 3 is 1.32 bits per heavy atom. The number of carbonyl (C=O) groups is 4. The molecule has 0 saturated carbocycles. The third-order valence-electron chi connectivity index (χ3n) is 9.67. The molecule has 0 heterocycles. The van der Waals surface area contributed by atoms with E-state index in [1.54, 1.807) is 0 Å². The van der Waals surface area contributed by atoms with Gasteiger partial charge in [0.05, 0.1) is 0 Å². The smallest absolute Gasteiger partial charge is 0.303 e. The van der Waals surface area contributed by atoms with Gasteiger partial charge in [-0.2, -0.15) is 0 Å². The summed E-state index contributed by atoms with van der Waals surface area (Å²) in [7, 11) is 0. The van der Waals surface area contributed by atoms with Crippen LogP contribution in [0.25, 0.3) is 0 Å². The summed E-state index contributed by atoms with van der Waals surface area (Å²) in [5.74, 6) is -1.51. The molecule has 0 spiro atoms. The summed E-state index contributed by atoms with van der Waals surface area (Å²) >= 11 is 0. The van der Waals surface area contributed by atoms with Crippen LogP contribution in [0.1, 0.15) is 219 Å². The number of aliphatic carboxylic acids is 1. The van der Waals surface area contributed by atoms with Crippen LogP contribution in [0.3, 0.4) is 0 Å². The van der Waals surface area contributed by atoms with Gasteiger partial charge < -0.3 is 10.4 Å². The van der Waals surface area contributed by atoms with Gasteiger partial charge in [-0.1, -0.05) is 141 Å². The fourth-order valence-corrected chi connectivity index (χ4v) is 6.37. The highest BCUT2D eigenvalue weighted by atomic mass is 16.4. The number of rotatable bonds is 39. The number of hydrogen-bond donors (Lipinski definition) is 2. The van der Waals surface area contributed by atoms with E-state index in [0.29, 0.717) is 12.8 Å². The highest BCUT2D eigenvalue weighted by Crippen LogP contribution is 2.17. The Hall–Kier alpha value is -2.24. The van der Waals surface area contributed by atoms with Gasteiger partial charge in [0, 0.05) is 44.6 Å². The zero-order valence-corrected chi connectivity index (χ0v) is 32.8. The predicted octanol–water partition coefficient (Wildman–Crippen LogP) is 12.6. The number of amides is 1. The van der Waals surface area contributed by atoms with Crippen LogP contribution in [-0.4, -0.2) is 35.1 Å². The Morgan fingerprint density at radius 2 is 0.880 bits per heavy atom. The van der Waals surface area contributed by atoms with Crippen molar-refractivity contribution in [1.82, 2.24) is 5.32 Å². The minimum absolute atomic E-state index is 0.0559. The molecule has 0 aromatic carbocycles. The van der Waals surface area contributed by atoms with Crippen molar-refractivity contribution in [3.05, 3.63) is 24.3 Å². The van der Waals surface area contributed by atoms with Crippen molar-refractivity contribution < 1.29 is 24.3 Å². The molecule has 2 N–H and O–H groups in total. The minimum atomic E-state index is -0.924. The van der Waals surface area contributed by atoms with Crippen LogP contribution >= 0.6 is 0 Å². The van der Waals surface area contributed by atoms with E-state index in [9.17, 15) is 19.2 Å². The summed E-state index contributed by atoms with van der Waals surface area (Å²) in [5.41, 5.74) is 0. The van der Waals surface area contributed by atoms with E-state index in [1.165, 1.54) is 116 Å². The maximum atomic E-state index is 13.1. The molecule has 1 unspecified atom stereocenters. The minimum Gasteiger partial charge on any atom is -0.481 e. The highest BCUT2D eigenvalue weighted by molar-refractivity contribution is 5.88. The van der Waals surface area contributed by atoms with E-state index < -0.39 is 11.9 Å². The lowest BCUT2D eigenvalue weighted by atomic mass is 9.92. The van der Waals surface area contributed by atoms with Gasteiger partial charge in [-0.25, -0.2) is 0 Å². The third kappa shape index (κ3) is 35.6. The number of carboxylic acid groups (broad SMARTS) is 1. The largest absolute Gasteiger partial charge is 0.481 e. The lowest BCUT2D eigenvalue weighted by molar-refractivity contribution is -0.137. The average molecular weight is 702 g/mol. The van der Waals surface area contributed by atoms with Crippen molar-refractivity contribution in [2.45, 2.75) is 219 Å². The summed E-state index contributed by atoms with van der Waals surface area (Å²) in [5, 5.41) is 11.6. The van der Waals surface area contributed by atoms with Gasteiger partial charge in [-0.15, -0.1) is 0 Å². The zero-order chi connectivity index (χ0) is 36.8. The second-order valence-electron chi connectivity index (χ2n) is 14.6. The summed E-state index contributed by atoms with van der Waals surface area (Å²) in [4.78, 5) is 49.0. The molecule has 6 nitrogen and oxygen atoms in total. The predicted molar refractivity (Wildman–Crippen MR) is 212 cm³/mol. The van der Waals surface area contributed by atoms with E-state index in [4.69, 9.17) is 5.11 Å². The zero-order valence-electron chi connectivity index (χ0n) is 32.8. The highest BCUT2D eigenvalue weighted by Gasteiger charge is 2.22. The SMILES string of the molecule is CCCCCCCC/C=C\CCCCCCCC(=O)CC(CNC(=O)CCCC(=O)O)C(=O)CCCCCCC/C=C\CCCCCCCC. The van der Waals surface area contributed by atoms with E-state index in [0.717, 1.165) is 51.4 Å². The van der Waals surface area contributed by atoms with Crippen LogP contribution in [0.15, 0.2) is 24.3 Å². The van der Waals surface area contributed by atoms with E-state index in [-0.39, 0.29) is 49.7 Å². The molecule has 50 heavy (non-hydrogen) atoms. The lowest BCUT2D eigenvalue weighted by Gasteiger charge is -2.16. The molecular weight excluding hydrogens is 622 g/mol. The summed E-state index contributed by atoms with van der Waals surface area (Å²) < 4.78 is 0. The second kappa shape index (κ2) is 38.0. The Kier molecular flexibility index (Phi) is 36.3. The molecule has 0 aromatic heterocycles. The molecule has 0 saturated heterocycles. The molecule has 1 atom stereocenters. The Labute approximate surface area is 308 Å². The molecule has 0 aliphatic rings. The first kappa shape index (κ1) is 47.8. The number of unbranched alkanes of at least 4 members (excludes halogenated alkanes) is 22. The number of nitrogens with one attached hydrogen (secondary N) is 1. The maximum Gasteiger partial charge on any atom is 0.303 e. The van der Waals surface area contributed by atoms with Crippen LogP contribution in [-0.2, 0) is 19.2 Å². The van der Waals surface area contributed by atoms with Crippen molar-refractivity contribution in [3.63, 3.8) is 0 Å². The molecule has 0 aliphatic heterocycles. The van der Waals surface area contributed by atoms with E-state index >= 15 is 0 Å². The van der Waals surface area contributed by atoms with Crippen molar-refractivity contribution in [2.75, 3.05) is 6.54 Å². The number of allylic oxidation sites excluding steroid dienone is 4. The molecule has 0 aromatic rings. The summed E-state index contributed by atoms with van der Waals surface area (Å²) in [6.07, 6.45) is 42.2. The van der Waals surface area contributed by atoms with Gasteiger partial charge in [0.25, 0.3) is 0 Å². The monoisotopic (exact) mass is 702 g/mol. The lowest BCUT2D eigenvalue weighted by Crippen LogP contribution is -2.34. The first-order valence-corrected chi connectivity index (χ1v) is 21.2. The van der Waals surface area contributed by atoms with Gasteiger partial charge in [0.2, 0.25) is 5.91 Å². The molecule has 0 aliphatic carbocycles. The molecule has 1 amide bonds. The molecular formula is C44H79NO5. The first-order chi connectivity index (χ1) is 24.4. The van der Waals surface area contributed by atoms with Crippen LogP contribution < -0.4 is 5.32 Å². The molecule has 0 fully saturated rings. The topological polar surface area (TPSA) is 101 Å². The number of ketones is 2. The molecule has 6 heteroatoms. The average Bonchev–Trinajstić information content (AvgIpc) is 3.09. The molecule has 0 radical (unpaired) electrons. The van der Waals surface area contributed by atoms with Gasteiger partial charge in [-0.3, -0.25) is 19.2 Å². The number of hydrogen-bond acceptors (Lipinski definition) is 4. The Morgan fingerprint density at radius 1 is 0.480 bits per heavy atom. The quantitative estimate of drug-likeness (QED) is 0.0491. The number of Topliss-reactive ketones (excluding diaryl/α,β-unsaturated/α-hetero) is 2. The number of carboxylic acids is 1. The normalized spacial score (nSPS) is 12.2. The van der Waals surface area contributed by atoms with Gasteiger partial charge in [-0.05, 0) is 70.6 Å². The van der Waals surface area contributed by atoms with Gasteiger partial charge in [0.1, 0.15) is 11.6 Å². The van der Waals surface area contributed by atoms with Crippen LogP contribution in [0.5, 0.6) is 0 Å². The molecule has 0 rings (SSSR count). The van der Waals surface area contributed by atoms with E-state index in [1.807, 2.05) is 0 Å². The second-order valence-corrected chi connectivity index (χ2v) is 14.6. The third-order valence-corrected chi connectivity index (χ3v) is 9.67. The molecule has 0 bridgehead atoms. The van der Waals surface area contributed by atoms with Crippen molar-refractivity contribution >= 4 is 23.4 Å². The van der Waals surface area contributed by atoms with Gasteiger partial charge in [0.15, 0.2) is 0 Å².